The standard InChI is InChI=1S/C12H15ClN2O4/c1-19-6-2-3-10(12(17)18)15-11(16)8-4-5-14-7-9(8)13/h4-5,7,10H,2-3,6H2,1H3,(H,15,16)(H,17,18). The Morgan fingerprint density at radius 1 is 1.58 bits per heavy atom. The normalized spacial score (nSPS) is 11.9. The number of nitrogens with zero attached hydrogens (tertiary/aromatic N) is 1. The number of aromatic nitrogens is 1. The minimum Gasteiger partial charge on any atom is -0.480 e. The average Bonchev–Trinajstić information content (AvgIpc) is 2.38. The first-order valence-corrected chi connectivity index (χ1v) is 6.06. The van der Waals surface area contributed by atoms with Crippen LogP contribution in [0.15, 0.2) is 18.5 Å². The highest BCUT2D eigenvalue weighted by atomic mass is 35.5. The molecule has 1 atom stereocenters. The van der Waals surface area contributed by atoms with E-state index in [0.717, 1.165) is 0 Å². The zero-order valence-corrected chi connectivity index (χ0v) is 11.2. The van der Waals surface area contributed by atoms with E-state index in [1.807, 2.05) is 0 Å². The van der Waals surface area contributed by atoms with Crippen molar-refractivity contribution < 1.29 is 19.4 Å². The molecule has 0 saturated heterocycles. The summed E-state index contributed by atoms with van der Waals surface area (Å²) in [4.78, 5) is 26.7. The molecule has 6 nitrogen and oxygen atoms in total. The second kappa shape index (κ2) is 7.70. The van der Waals surface area contributed by atoms with E-state index in [4.69, 9.17) is 21.4 Å². The second-order valence-electron chi connectivity index (χ2n) is 3.85. The van der Waals surface area contributed by atoms with Crippen molar-refractivity contribution in [1.29, 1.82) is 0 Å². The smallest absolute Gasteiger partial charge is 0.326 e. The molecule has 1 heterocycles. The number of carboxylic acid groups (broad SMARTS) is 1. The van der Waals surface area contributed by atoms with Crippen molar-refractivity contribution in [2.75, 3.05) is 13.7 Å². The molecule has 1 aromatic rings. The number of nitrogens with one attached hydrogen (secondary N) is 1. The molecule has 19 heavy (non-hydrogen) atoms. The van der Waals surface area contributed by atoms with E-state index in [-0.39, 0.29) is 17.0 Å². The Hall–Kier alpha value is -1.66. The molecule has 1 amide bonds. The number of aliphatic carboxylic acids is 1. The molecule has 0 aromatic carbocycles. The summed E-state index contributed by atoms with van der Waals surface area (Å²) < 4.78 is 4.85. The maximum atomic E-state index is 11.9. The maximum Gasteiger partial charge on any atom is 0.326 e. The highest BCUT2D eigenvalue weighted by Gasteiger charge is 2.21. The van der Waals surface area contributed by atoms with Crippen molar-refractivity contribution in [3.05, 3.63) is 29.0 Å². The number of ether oxygens (including phenoxy) is 1. The molecule has 1 rings (SSSR count). The van der Waals surface area contributed by atoms with Gasteiger partial charge < -0.3 is 15.2 Å². The minimum atomic E-state index is -1.09. The van der Waals surface area contributed by atoms with Crippen LogP contribution in [0.3, 0.4) is 0 Å². The van der Waals surface area contributed by atoms with Crippen molar-refractivity contribution in [2.45, 2.75) is 18.9 Å². The van der Waals surface area contributed by atoms with Gasteiger partial charge in [0, 0.05) is 26.1 Å². The quantitative estimate of drug-likeness (QED) is 0.739. The number of rotatable bonds is 7. The summed E-state index contributed by atoms with van der Waals surface area (Å²) in [6.45, 7) is 0.440. The minimum absolute atomic E-state index is 0.182. The lowest BCUT2D eigenvalue weighted by Gasteiger charge is -2.14. The lowest BCUT2D eigenvalue weighted by atomic mass is 10.1. The number of hydrogen-bond acceptors (Lipinski definition) is 4. The number of carbonyl (C=O) groups excluding carboxylic acids is 1. The van der Waals surface area contributed by atoms with Crippen LogP contribution in [-0.4, -0.2) is 41.7 Å². The SMILES string of the molecule is COCCCC(NC(=O)c1ccncc1Cl)C(=O)O. The van der Waals surface area contributed by atoms with E-state index in [2.05, 4.69) is 10.3 Å². The van der Waals surface area contributed by atoms with Crippen molar-refractivity contribution in [1.82, 2.24) is 10.3 Å². The number of carboxylic acids is 1. The van der Waals surface area contributed by atoms with Crippen molar-refractivity contribution in [3.63, 3.8) is 0 Å². The zero-order valence-electron chi connectivity index (χ0n) is 10.4. The maximum absolute atomic E-state index is 11.9. The van der Waals surface area contributed by atoms with Crippen LogP contribution in [0.25, 0.3) is 0 Å². The molecule has 0 saturated carbocycles. The topological polar surface area (TPSA) is 88.5 Å². The third-order valence-electron chi connectivity index (χ3n) is 2.46. The third-order valence-corrected chi connectivity index (χ3v) is 2.76. The van der Waals surface area contributed by atoms with Crippen molar-refractivity contribution in [3.8, 4) is 0 Å². The first-order valence-electron chi connectivity index (χ1n) is 5.68. The Bertz CT molecular complexity index is 453. The molecule has 1 aromatic heterocycles. The largest absolute Gasteiger partial charge is 0.480 e. The molecule has 0 bridgehead atoms. The predicted octanol–water partition coefficient (Wildman–Crippen LogP) is 1.34. The number of halogens is 1. The summed E-state index contributed by atoms with van der Waals surface area (Å²) in [7, 11) is 1.53. The molecule has 0 aliphatic carbocycles. The van der Waals surface area contributed by atoms with Gasteiger partial charge in [-0.05, 0) is 18.9 Å². The van der Waals surface area contributed by atoms with Gasteiger partial charge in [0.25, 0.3) is 5.91 Å². The molecule has 104 valence electrons. The molecule has 0 spiro atoms. The monoisotopic (exact) mass is 286 g/mol. The Morgan fingerprint density at radius 3 is 2.89 bits per heavy atom. The molecule has 7 heteroatoms. The number of methoxy groups -OCH3 is 1. The number of pyridine rings is 1. The van der Waals surface area contributed by atoms with Gasteiger partial charge in [0.1, 0.15) is 6.04 Å². The molecule has 1 unspecified atom stereocenters. The fourth-order valence-electron chi connectivity index (χ4n) is 1.48. The average molecular weight is 287 g/mol. The van der Waals surface area contributed by atoms with Gasteiger partial charge >= 0.3 is 5.97 Å². The fourth-order valence-corrected chi connectivity index (χ4v) is 1.69. The highest BCUT2D eigenvalue weighted by Crippen LogP contribution is 2.13. The van der Waals surface area contributed by atoms with E-state index in [1.54, 1.807) is 0 Å². The van der Waals surface area contributed by atoms with Crippen LogP contribution >= 0.6 is 11.6 Å². The molecule has 0 fully saturated rings. The summed E-state index contributed by atoms with van der Waals surface area (Å²) in [5, 5.41) is 11.6. The summed E-state index contributed by atoms with van der Waals surface area (Å²) >= 11 is 5.82. The Labute approximate surface area is 115 Å². The number of amides is 1. The fraction of sp³-hybridized carbons (Fsp3) is 0.417. The van der Waals surface area contributed by atoms with E-state index >= 15 is 0 Å². The molecule has 0 radical (unpaired) electrons. The Kier molecular flexibility index (Phi) is 6.24. The van der Waals surface area contributed by atoms with Crippen LogP contribution in [0, 0.1) is 0 Å². The lowest BCUT2D eigenvalue weighted by Crippen LogP contribution is -2.41. The van der Waals surface area contributed by atoms with Gasteiger partial charge in [-0.1, -0.05) is 11.6 Å². The van der Waals surface area contributed by atoms with E-state index in [0.29, 0.717) is 13.0 Å². The van der Waals surface area contributed by atoms with Crippen LogP contribution in [0.4, 0.5) is 0 Å². The van der Waals surface area contributed by atoms with E-state index < -0.39 is 17.9 Å². The highest BCUT2D eigenvalue weighted by molar-refractivity contribution is 6.33. The molecular formula is C12H15ClN2O4. The van der Waals surface area contributed by atoms with Crippen molar-refractivity contribution in [2.24, 2.45) is 0 Å². The molecule has 2 N–H and O–H groups in total. The van der Waals surface area contributed by atoms with Crippen LogP contribution in [0.2, 0.25) is 5.02 Å². The first kappa shape index (κ1) is 15.4. The van der Waals surface area contributed by atoms with Gasteiger partial charge in [-0.25, -0.2) is 4.79 Å². The predicted molar refractivity (Wildman–Crippen MR) is 69.2 cm³/mol. The second-order valence-corrected chi connectivity index (χ2v) is 4.26. The zero-order chi connectivity index (χ0) is 14.3. The van der Waals surface area contributed by atoms with Crippen LogP contribution in [0.1, 0.15) is 23.2 Å². The summed E-state index contributed by atoms with van der Waals surface area (Å²) in [6, 6.07) is 0.470. The van der Waals surface area contributed by atoms with Crippen LogP contribution in [0.5, 0.6) is 0 Å². The number of hydrogen-bond donors (Lipinski definition) is 2. The third kappa shape index (κ3) is 4.84. The summed E-state index contributed by atoms with van der Waals surface area (Å²) in [5.41, 5.74) is 0.203. The molecule has 0 aliphatic rings. The van der Waals surface area contributed by atoms with Crippen molar-refractivity contribution >= 4 is 23.5 Å². The van der Waals surface area contributed by atoms with Gasteiger partial charge in [-0.15, -0.1) is 0 Å². The van der Waals surface area contributed by atoms with Crippen LogP contribution in [-0.2, 0) is 9.53 Å². The van der Waals surface area contributed by atoms with Gasteiger partial charge in [-0.2, -0.15) is 0 Å². The summed E-state index contributed by atoms with van der Waals surface area (Å²) in [6.07, 6.45) is 3.58. The first-order chi connectivity index (χ1) is 9.06. The lowest BCUT2D eigenvalue weighted by molar-refractivity contribution is -0.139. The van der Waals surface area contributed by atoms with E-state index in [1.165, 1.54) is 25.6 Å². The van der Waals surface area contributed by atoms with E-state index in [9.17, 15) is 9.59 Å². The Balaban J connectivity index is 2.66. The van der Waals surface area contributed by atoms with Gasteiger partial charge in [0.15, 0.2) is 0 Å². The number of carbonyl (C=O) groups is 2. The Morgan fingerprint density at radius 2 is 2.32 bits per heavy atom. The van der Waals surface area contributed by atoms with Gasteiger partial charge in [0.05, 0.1) is 10.6 Å². The molecule has 0 aliphatic heterocycles. The molecular weight excluding hydrogens is 272 g/mol. The van der Waals surface area contributed by atoms with Gasteiger partial charge in [-0.3, -0.25) is 9.78 Å². The summed E-state index contributed by atoms with van der Waals surface area (Å²) in [5.74, 6) is -1.62. The van der Waals surface area contributed by atoms with Gasteiger partial charge in [0.2, 0.25) is 0 Å². The van der Waals surface area contributed by atoms with Crippen LogP contribution < -0.4 is 5.32 Å².